The predicted molar refractivity (Wildman–Crippen MR) is 170 cm³/mol. The van der Waals surface area contributed by atoms with Crippen molar-refractivity contribution in [1.82, 2.24) is 0 Å². The van der Waals surface area contributed by atoms with Crippen LogP contribution >= 0.6 is 0 Å². The van der Waals surface area contributed by atoms with Crippen LogP contribution in [-0.2, 0) is 15.9 Å². The van der Waals surface area contributed by atoms with Crippen LogP contribution < -0.4 is 19.1 Å². The van der Waals surface area contributed by atoms with Gasteiger partial charge in [-0.3, -0.25) is 0 Å². The van der Waals surface area contributed by atoms with Crippen LogP contribution in [0.3, 0.4) is 0 Å². The average molecular weight is 588 g/mol. The van der Waals surface area contributed by atoms with E-state index in [0.29, 0.717) is 25.0 Å². The normalized spacial score (nSPS) is 26.6. The van der Waals surface area contributed by atoms with Crippen LogP contribution in [0.25, 0.3) is 0 Å². The lowest BCUT2D eigenvalue weighted by atomic mass is 9.69. The predicted octanol–water partition coefficient (Wildman–Crippen LogP) is 7.81. The molecule has 7 rings (SSSR count). The van der Waals surface area contributed by atoms with Crippen molar-refractivity contribution in [1.29, 1.82) is 0 Å². The standard InChI is InChI=1S/C37H49NO5/c1-5-39-31-11-9-28(10-12-31)27-8-7-18-38(19-15-27)33-25(3)26(4)34-32(35(33)40-6-2)24-36(43-34)22-30(23-36)29-13-16-37(17-14-29)41-20-21-42-37/h9-12,22,27,29H,5-8,13-21,23-24H2,1-4H3. The van der Waals surface area contributed by atoms with E-state index < -0.39 is 0 Å². The monoisotopic (exact) mass is 587 g/mol. The van der Waals surface area contributed by atoms with Crippen molar-refractivity contribution in [2.75, 3.05) is 44.4 Å². The largest absolute Gasteiger partial charge is 0.494 e. The first kappa shape index (κ1) is 29.0. The van der Waals surface area contributed by atoms with Crippen LogP contribution in [0.15, 0.2) is 35.9 Å². The van der Waals surface area contributed by atoms with Gasteiger partial charge in [-0.05, 0) is 107 Å². The fraction of sp³-hybridized carbons (Fsp3) is 0.622. The van der Waals surface area contributed by atoms with Gasteiger partial charge in [0.15, 0.2) is 5.79 Å². The van der Waals surface area contributed by atoms with Gasteiger partial charge in [-0.15, -0.1) is 0 Å². The van der Waals surface area contributed by atoms with E-state index in [2.05, 4.69) is 56.0 Å². The fourth-order valence-electron chi connectivity index (χ4n) is 8.47. The summed E-state index contributed by atoms with van der Waals surface area (Å²) < 4.78 is 31.0. The summed E-state index contributed by atoms with van der Waals surface area (Å²) in [5.41, 5.74) is 7.93. The molecule has 6 heteroatoms. The molecule has 2 atom stereocenters. The lowest BCUT2D eigenvalue weighted by Gasteiger charge is -2.43. The zero-order valence-electron chi connectivity index (χ0n) is 26.6. The van der Waals surface area contributed by atoms with Gasteiger partial charge < -0.3 is 28.6 Å². The lowest BCUT2D eigenvalue weighted by molar-refractivity contribution is -0.181. The summed E-state index contributed by atoms with van der Waals surface area (Å²) in [5.74, 6) is 3.99. The summed E-state index contributed by atoms with van der Waals surface area (Å²) in [5, 5.41) is 0. The molecule has 6 nitrogen and oxygen atoms in total. The number of fused-ring (bicyclic) bond motifs is 1. The maximum Gasteiger partial charge on any atom is 0.168 e. The van der Waals surface area contributed by atoms with Crippen molar-refractivity contribution in [2.24, 2.45) is 5.92 Å². The van der Waals surface area contributed by atoms with Crippen LogP contribution in [0.2, 0.25) is 0 Å². The number of hydrogen-bond donors (Lipinski definition) is 0. The molecule has 2 aromatic carbocycles. The zero-order valence-corrected chi connectivity index (χ0v) is 26.6. The van der Waals surface area contributed by atoms with E-state index in [1.54, 1.807) is 5.57 Å². The molecule has 2 aliphatic carbocycles. The van der Waals surface area contributed by atoms with Gasteiger partial charge in [0.1, 0.15) is 22.8 Å². The second kappa shape index (κ2) is 11.7. The molecule has 2 unspecified atom stereocenters. The summed E-state index contributed by atoms with van der Waals surface area (Å²) in [7, 11) is 0. The molecule has 1 saturated carbocycles. The minimum Gasteiger partial charge on any atom is -0.494 e. The maximum atomic E-state index is 6.88. The Kier molecular flexibility index (Phi) is 7.88. The minimum absolute atomic E-state index is 0.216. The van der Waals surface area contributed by atoms with Crippen LogP contribution in [0.4, 0.5) is 5.69 Å². The van der Waals surface area contributed by atoms with Crippen molar-refractivity contribution in [3.63, 3.8) is 0 Å². The smallest absolute Gasteiger partial charge is 0.168 e. The molecule has 0 N–H and O–H groups in total. The SMILES string of the molecule is CCOc1ccc(C2CCCN(c3c(C)c(C)c4c(c3OCC)CC3(C=C(C5CCC6(CC5)OCCO6)C3)O4)CC2)cc1. The van der Waals surface area contributed by atoms with Gasteiger partial charge >= 0.3 is 0 Å². The van der Waals surface area contributed by atoms with Crippen molar-refractivity contribution in [2.45, 2.75) is 103 Å². The van der Waals surface area contributed by atoms with Gasteiger partial charge in [-0.25, -0.2) is 0 Å². The molecular formula is C37H49NO5. The Morgan fingerprint density at radius 1 is 0.837 bits per heavy atom. The Bertz CT molecular complexity index is 1350. The van der Waals surface area contributed by atoms with E-state index in [9.17, 15) is 0 Å². The summed E-state index contributed by atoms with van der Waals surface area (Å²) in [6, 6.07) is 8.78. The van der Waals surface area contributed by atoms with Gasteiger partial charge in [0.2, 0.25) is 0 Å². The molecule has 2 aromatic rings. The van der Waals surface area contributed by atoms with E-state index in [-0.39, 0.29) is 11.4 Å². The second-order valence-corrected chi connectivity index (χ2v) is 13.4. The summed E-state index contributed by atoms with van der Waals surface area (Å²) in [6.07, 6.45) is 12.2. The van der Waals surface area contributed by atoms with Crippen LogP contribution in [0.1, 0.15) is 93.4 Å². The first-order valence-corrected chi connectivity index (χ1v) is 16.9. The number of nitrogens with zero attached hydrogens (tertiary/aromatic N) is 1. The van der Waals surface area contributed by atoms with Crippen molar-refractivity contribution < 1.29 is 23.7 Å². The molecule has 0 bridgehead atoms. The Morgan fingerprint density at radius 3 is 2.26 bits per heavy atom. The van der Waals surface area contributed by atoms with Crippen LogP contribution in [-0.4, -0.2) is 50.9 Å². The topological polar surface area (TPSA) is 49.4 Å². The second-order valence-electron chi connectivity index (χ2n) is 13.4. The fourth-order valence-corrected chi connectivity index (χ4v) is 8.47. The average Bonchev–Trinajstić information content (AvgIpc) is 3.55. The molecule has 5 aliphatic rings. The number of anilines is 1. The highest BCUT2D eigenvalue weighted by atomic mass is 16.7. The number of hydrogen-bond acceptors (Lipinski definition) is 6. The molecular weight excluding hydrogens is 538 g/mol. The number of rotatable bonds is 7. The highest BCUT2D eigenvalue weighted by Crippen LogP contribution is 2.56. The molecule has 43 heavy (non-hydrogen) atoms. The van der Waals surface area contributed by atoms with E-state index in [1.165, 1.54) is 40.8 Å². The molecule has 2 saturated heterocycles. The number of benzene rings is 2. The number of ether oxygens (including phenoxy) is 5. The van der Waals surface area contributed by atoms with E-state index in [4.69, 9.17) is 23.7 Å². The van der Waals surface area contributed by atoms with Gasteiger partial charge in [0.25, 0.3) is 0 Å². The van der Waals surface area contributed by atoms with Gasteiger partial charge in [-0.2, -0.15) is 0 Å². The summed E-state index contributed by atoms with van der Waals surface area (Å²) in [4.78, 5) is 2.61. The van der Waals surface area contributed by atoms with Gasteiger partial charge in [-0.1, -0.05) is 17.7 Å². The molecule has 232 valence electrons. The summed E-state index contributed by atoms with van der Waals surface area (Å²) in [6.45, 7) is 13.6. The van der Waals surface area contributed by atoms with E-state index in [1.807, 2.05) is 6.92 Å². The van der Waals surface area contributed by atoms with Crippen LogP contribution in [0.5, 0.6) is 17.2 Å². The molecule has 3 fully saturated rings. The summed E-state index contributed by atoms with van der Waals surface area (Å²) >= 11 is 0. The molecule has 0 radical (unpaired) electrons. The van der Waals surface area contributed by atoms with Gasteiger partial charge in [0, 0.05) is 44.3 Å². The Labute approximate surface area is 257 Å². The third kappa shape index (κ3) is 5.33. The lowest BCUT2D eigenvalue weighted by Crippen LogP contribution is -2.43. The third-order valence-electron chi connectivity index (χ3n) is 10.8. The van der Waals surface area contributed by atoms with E-state index in [0.717, 1.165) is 88.5 Å². The van der Waals surface area contributed by atoms with Crippen molar-refractivity contribution in [3.05, 3.63) is 58.2 Å². The molecule has 3 heterocycles. The van der Waals surface area contributed by atoms with E-state index >= 15 is 0 Å². The van der Waals surface area contributed by atoms with Crippen molar-refractivity contribution >= 4 is 5.69 Å². The Balaban J connectivity index is 1.09. The Hall–Kier alpha value is -2.70. The molecule has 2 spiro atoms. The maximum absolute atomic E-state index is 6.88. The highest BCUT2D eigenvalue weighted by Gasteiger charge is 2.50. The Morgan fingerprint density at radius 2 is 1.56 bits per heavy atom. The van der Waals surface area contributed by atoms with Crippen molar-refractivity contribution in [3.8, 4) is 17.2 Å². The highest BCUT2D eigenvalue weighted by molar-refractivity contribution is 5.75. The molecule has 3 aliphatic heterocycles. The first-order chi connectivity index (χ1) is 20.9. The quantitative estimate of drug-likeness (QED) is 0.308. The first-order valence-electron chi connectivity index (χ1n) is 16.9. The molecule has 0 amide bonds. The molecule has 0 aromatic heterocycles. The van der Waals surface area contributed by atoms with Gasteiger partial charge in [0.05, 0.1) is 32.1 Å². The third-order valence-corrected chi connectivity index (χ3v) is 10.8. The van der Waals surface area contributed by atoms with Crippen LogP contribution in [0, 0.1) is 19.8 Å². The minimum atomic E-state index is -0.294. The zero-order chi connectivity index (χ0) is 29.6.